The molecule has 0 radical (unpaired) electrons. The second-order valence-corrected chi connectivity index (χ2v) is 16.6. The van der Waals surface area contributed by atoms with Crippen molar-refractivity contribution in [2.75, 3.05) is 13.2 Å². The van der Waals surface area contributed by atoms with E-state index in [1.165, 1.54) is 12.5 Å². The molecule has 1 heterocycles. The zero-order chi connectivity index (χ0) is 33.3. The zero-order valence-electron chi connectivity index (χ0n) is 28.7. The number of carboxylic acid groups (broad SMARTS) is 1. The van der Waals surface area contributed by atoms with Crippen LogP contribution < -0.4 is 5.73 Å². The molecule has 4 N–H and O–H groups in total. The monoisotopic (exact) mass is 628 g/mol. The van der Waals surface area contributed by atoms with Crippen molar-refractivity contribution in [1.29, 1.82) is 5.41 Å². The largest absolute Gasteiger partial charge is 0.481 e. The van der Waals surface area contributed by atoms with Gasteiger partial charge in [0.25, 0.3) is 0 Å². The van der Waals surface area contributed by atoms with Crippen LogP contribution in [0.4, 0.5) is 0 Å². The second-order valence-electron chi connectivity index (χ2n) is 16.6. The third-order valence-electron chi connectivity index (χ3n) is 14.2. The van der Waals surface area contributed by atoms with E-state index < -0.39 is 52.3 Å². The van der Waals surface area contributed by atoms with Crippen LogP contribution in [0.2, 0.25) is 0 Å². The highest BCUT2D eigenvalue weighted by atomic mass is 16.6. The molecule has 0 amide bonds. The van der Waals surface area contributed by atoms with Crippen LogP contribution in [0.3, 0.4) is 0 Å². The average molecular weight is 629 g/mol. The summed E-state index contributed by atoms with van der Waals surface area (Å²) >= 11 is 0. The molecule has 4 fully saturated rings. The van der Waals surface area contributed by atoms with E-state index in [4.69, 9.17) is 25.4 Å². The van der Waals surface area contributed by atoms with E-state index >= 15 is 0 Å². The number of carbonyl (C=O) groups is 3. The maximum absolute atomic E-state index is 13.3. The molecule has 0 aromatic rings. The molecule has 0 aromatic carbocycles. The Bertz CT molecular complexity index is 1280. The van der Waals surface area contributed by atoms with Crippen LogP contribution >= 0.6 is 0 Å². The number of carboxylic acids is 1. The summed E-state index contributed by atoms with van der Waals surface area (Å²) in [6.45, 7) is 17.9. The molecule has 4 aliphatic carbocycles. The highest BCUT2D eigenvalue weighted by Crippen LogP contribution is 2.75. The number of allylic oxidation sites excluding steroid dienone is 1. The summed E-state index contributed by atoms with van der Waals surface area (Å²) in [4.78, 5) is 38.7. The van der Waals surface area contributed by atoms with Crippen LogP contribution in [0.5, 0.6) is 0 Å². The van der Waals surface area contributed by atoms with Crippen LogP contribution in [0.1, 0.15) is 107 Å². The fraction of sp³-hybridized carbons (Fsp3) is 0.833. The Labute approximate surface area is 268 Å². The van der Waals surface area contributed by atoms with Crippen LogP contribution in [0.15, 0.2) is 11.6 Å². The second kappa shape index (κ2) is 11.4. The summed E-state index contributed by atoms with van der Waals surface area (Å²) in [5.41, 5.74) is 4.90. The van der Waals surface area contributed by atoms with Gasteiger partial charge in [-0.05, 0) is 78.4 Å². The Hall–Kier alpha value is -2.42. The number of nitrogens with one attached hydrogen (secondary N) is 1. The smallest absolute Gasteiger partial charge is 0.307 e. The number of nitrogens with two attached hydrogens (primary N) is 1. The van der Waals surface area contributed by atoms with Gasteiger partial charge in [0, 0.05) is 24.2 Å². The summed E-state index contributed by atoms with van der Waals surface area (Å²) in [5, 5.41) is 18.4. The summed E-state index contributed by atoms with van der Waals surface area (Å²) in [5.74, 6) is -1.11. The fourth-order valence-corrected chi connectivity index (χ4v) is 11.5. The molecule has 9 heteroatoms. The van der Waals surface area contributed by atoms with Crippen molar-refractivity contribution in [3.8, 4) is 0 Å². The molecule has 5 aliphatic rings. The van der Waals surface area contributed by atoms with E-state index in [1.54, 1.807) is 0 Å². The number of carbonyl (C=O) groups excluding carboxylic acids is 2. The lowest BCUT2D eigenvalue weighted by Gasteiger charge is -2.71. The molecule has 3 saturated carbocycles. The predicted octanol–water partition coefficient (Wildman–Crippen LogP) is 6.13. The third kappa shape index (κ3) is 4.96. The first-order chi connectivity index (χ1) is 20.9. The maximum Gasteiger partial charge on any atom is 0.307 e. The SMILES string of the molecule is CC(=O)O[C@@H]1C[C@@]23COC[C@@](C)([C@@H]2CC[C@H]2C3=CC[C@@]3(C)[C@H](C(=O)O)[C@@](C)([C@H](C)C(C)C)CC[C@]23C)[C@H]1OC(=O)CCC(=N)N. The molecule has 11 atom stereocenters. The van der Waals surface area contributed by atoms with Crippen molar-refractivity contribution in [2.24, 2.45) is 62.4 Å². The number of esters is 2. The quantitative estimate of drug-likeness (QED) is 0.126. The summed E-state index contributed by atoms with van der Waals surface area (Å²) in [6.07, 6.45) is 6.01. The van der Waals surface area contributed by atoms with Gasteiger partial charge in [0.15, 0.2) is 0 Å². The molecule has 1 saturated heterocycles. The van der Waals surface area contributed by atoms with Gasteiger partial charge in [-0.1, -0.05) is 60.1 Å². The first-order valence-corrected chi connectivity index (χ1v) is 17.1. The lowest BCUT2D eigenvalue weighted by molar-refractivity contribution is -0.263. The lowest BCUT2D eigenvalue weighted by Crippen LogP contribution is -2.70. The lowest BCUT2D eigenvalue weighted by atomic mass is 9.34. The fourth-order valence-electron chi connectivity index (χ4n) is 11.5. The van der Waals surface area contributed by atoms with E-state index in [2.05, 4.69) is 54.5 Å². The van der Waals surface area contributed by atoms with E-state index in [0.29, 0.717) is 32.0 Å². The van der Waals surface area contributed by atoms with E-state index in [1.807, 2.05) is 0 Å². The molecule has 0 aromatic heterocycles. The van der Waals surface area contributed by atoms with Gasteiger partial charge in [-0.25, -0.2) is 0 Å². The van der Waals surface area contributed by atoms with Crippen molar-refractivity contribution in [3.63, 3.8) is 0 Å². The highest BCUT2D eigenvalue weighted by Gasteiger charge is 2.72. The minimum atomic E-state index is -0.683. The molecule has 2 bridgehead atoms. The van der Waals surface area contributed by atoms with Crippen molar-refractivity contribution in [2.45, 2.75) is 119 Å². The minimum Gasteiger partial charge on any atom is -0.481 e. The van der Waals surface area contributed by atoms with Gasteiger partial charge in [0.05, 0.1) is 31.4 Å². The predicted molar refractivity (Wildman–Crippen MR) is 170 cm³/mol. The van der Waals surface area contributed by atoms with Gasteiger partial charge in [0.1, 0.15) is 12.2 Å². The summed E-state index contributed by atoms with van der Waals surface area (Å²) in [6, 6.07) is 0. The molecule has 45 heavy (non-hydrogen) atoms. The summed E-state index contributed by atoms with van der Waals surface area (Å²) in [7, 11) is 0. The molecule has 9 nitrogen and oxygen atoms in total. The molecule has 5 rings (SSSR count). The number of fused-ring (bicyclic) bond motifs is 3. The van der Waals surface area contributed by atoms with Gasteiger partial charge in [-0.2, -0.15) is 0 Å². The maximum atomic E-state index is 13.3. The van der Waals surface area contributed by atoms with Crippen molar-refractivity contribution in [3.05, 3.63) is 11.6 Å². The van der Waals surface area contributed by atoms with Gasteiger partial charge < -0.3 is 25.1 Å². The van der Waals surface area contributed by atoms with E-state index in [9.17, 15) is 19.5 Å². The molecular formula is C36H56N2O7. The van der Waals surface area contributed by atoms with Crippen molar-refractivity contribution in [1.82, 2.24) is 0 Å². The van der Waals surface area contributed by atoms with Gasteiger partial charge in [0.2, 0.25) is 0 Å². The third-order valence-corrected chi connectivity index (χ3v) is 14.2. The average Bonchev–Trinajstić information content (AvgIpc) is 2.93. The molecule has 252 valence electrons. The number of hydrogen-bond donors (Lipinski definition) is 3. The number of aliphatic carboxylic acids is 1. The van der Waals surface area contributed by atoms with Crippen LogP contribution in [-0.2, 0) is 28.6 Å². The van der Waals surface area contributed by atoms with E-state index in [-0.39, 0.29) is 47.3 Å². The number of hydrogen-bond acceptors (Lipinski definition) is 7. The zero-order valence-corrected chi connectivity index (χ0v) is 28.7. The van der Waals surface area contributed by atoms with Crippen molar-refractivity contribution < 1.29 is 33.7 Å². The van der Waals surface area contributed by atoms with Gasteiger partial charge >= 0.3 is 17.9 Å². The molecular weight excluding hydrogens is 572 g/mol. The Kier molecular flexibility index (Phi) is 8.58. The normalized spacial score (nSPS) is 44.4. The van der Waals surface area contributed by atoms with Gasteiger partial charge in [-0.3, -0.25) is 19.8 Å². The molecule has 0 spiro atoms. The highest BCUT2D eigenvalue weighted by molar-refractivity contribution is 5.82. The van der Waals surface area contributed by atoms with Crippen LogP contribution in [0, 0.1) is 62.1 Å². The number of ether oxygens (including phenoxy) is 3. The Balaban J connectivity index is 1.57. The number of amidine groups is 1. The van der Waals surface area contributed by atoms with Crippen LogP contribution in [0.25, 0.3) is 0 Å². The number of rotatable bonds is 8. The molecule has 0 unspecified atom stereocenters. The Morgan fingerprint density at radius 1 is 1.04 bits per heavy atom. The van der Waals surface area contributed by atoms with Gasteiger partial charge in [-0.15, -0.1) is 0 Å². The molecule has 1 aliphatic heterocycles. The standard InChI is InChI=1S/C36H56N2O7/c1-20(2)21(3)32(5)15-16-34(7)23-9-10-26-33(6)18-43-19-36(26,24(23)13-14-35(34,8)29(32)31(41)42)17-25(44-22(4)39)30(33)45-28(40)12-11-27(37)38/h13,20-21,23,25-26,29-30H,9-12,14-19H2,1-8H3,(H3,37,38)(H,41,42)/t21-,23+,25-,26+,29-,30+,32-,33+,34-,35+,36+/m1/s1. The Morgan fingerprint density at radius 3 is 2.33 bits per heavy atom. The topological polar surface area (TPSA) is 149 Å². The summed E-state index contributed by atoms with van der Waals surface area (Å²) < 4.78 is 18.5. The minimum absolute atomic E-state index is 0.00533. The van der Waals surface area contributed by atoms with Crippen LogP contribution in [-0.4, -0.2) is 54.3 Å². The first kappa shape index (κ1) is 33.9. The van der Waals surface area contributed by atoms with Crippen molar-refractivity contribution >= 4 is 23.7 Å². The van der Waals surface area contributed by atoms with E-state index in [0.717, 1.165) is 25.7 Å². The first-order valence-electron chi connectivity index (χ1n) is 17.1. The Morgan fingerprint density at radius 2 is 1.73 bits per heavy atom.